The SMILES string of the molecule is CC1(C)NCCN(CO)C1=O. The van der Waals surface area contributed by atoms with Crippen LogP contribution in [0.2, 0.25) is 0 Å². The zero-order valence-electron chi connectivity index (χ0n) is 6.92. The van der Waals surface area contributed by atoms with E-state index in [1.165, 1.54) is 4.90 Å². The van der Waals surface area contributed by atoms with Gasteiger partial charge in [0.15, 0.2) is 0 Å². The molecule has 64 valence electrons. The molecule has 1 fully saturated rings. The van der Waals surface area contributed by atoms with Crippen LogP contribution in [0.3, 0.4) is 0 Å². The first kappa shape index (κ1) is 8.49. The molecule has 0 aromatic heterocycles. The summed E-state index contributed by atoms with van der Waals surface area (Å²) < 4.78 is 0. The molecule has 0 bridgehead atoms. The van der Waals surface area contributed by atoms with Crippen LogP contribution in [0.5, 0.6) is 0 Å². The van der Waals surface area contributed by atoms with Gasteiger partial charge in [-0.3, -0.25) is 4.79 Å². The van der Waals surface area contributed by atoms with E-state index in [1.807, 2.05) is 13.8 Å². The predicted molar refractivity (Wildman–Crippen MR) is 40.9 cm³/mol. The summed E-state index contributed by atoms with van der Waals surface area (Å²) in [6, 6.07) is 0. The van der Waals surface area contributed by atoms with Crippen LogP contribution in [-0.2, 0) is 4.79 Å². The lowest BCUT2D eigenvalue weighted by Gasteiger charge is -2.36. The molecule has 1 rings (SSSR count). The van der Waals surface area contributed by atoms with Gasteiger partial charge in [0.25, 0.3) is 0 Å². The summed E-state index contributed by atoms with van der Waals surface area (Å²) in [4.78, 5) is 12.8. The van der Waals surface area contributed by atoms with Crippen molar-refractivity contribution in [1.29, 1.82) is 0 Å². The summed E-state index contributed by atoms with van der Waals surface area (Å²) in [5.41, 5.74) is -0.513. The fourth-order valence-electron chi connectivity index (χ4n) is 1.21. The van der Waals surface area contributed by atoms with Crippen molar-refractivity contribution in [2.45, 2.75) is 19.4 Å². The van der Waals surface area contributed by atoms with Gasteiger partial charge in [0.2, 0.25) is 5.91 Å². The fourth-order valence-corrected chi connectivity index (χ4v) is 1.21. The standard InChI is InChI=1S/C7H14N2O2/c1-7(2)6(11)9(5-10)4-3-8-7/h8,10H,3-5H2,1-2H3. The van der Waals surface area contributed by atoms with E-state index in [2.05, 4.69) is 5.32 Å². The summed E-state index contributed by atoms with van der Waals surface area (Å²) >= 11 is 0. The molecule has 1 aliphatic heterocycles. The maximum atomic E-state index is 11.4. The number of nitrogens with zero attached hydrogens (tertiary/aromatic N) is 1. The van der Waals surface area contributed by atoms with Crippen LogP contribution in [0.15, 0.2) is 0 Å². The average molecular weight is 158 g/mol. The molecule has 0 unspecified atom stereocenters. The van der Waals surface area contributed by atoms with Crippen LogP contribution in [0.25, 0.3) is 0 Å². The third kappa shape index (κ3) is 1.52. The Labute approximate surface area is 66.2 Å². The number of hydrogen-bond acceptors (Lipinski definition) is 3. The molecule has 0 saturated carbocycles. The van der Waals surface area contributed by atoms with E-state index in [0.717, 1.165) is 6.54 Å². The minimum absolute atomic E-state index is 0.0359. The maximum absolute atomic E-state index is 11.4. The molecule has 0 aliphatic carbocycles. The number of aliphatic hydroxyl groups excluding tert-OH is 1. The van der Waals surface area contributed by atoms with Gasteiger partial charge in [-0.15, -0.1) is 0 Å². The molecule has 4 heteroatoms. The normalized spacial score (nSPS) is 23.9. The zero-order valence-corrected chi connectivity index (χ0v) is 6.92. The molecule has 4 nitrogen and oxygen atoms in total. The first-order chi connectivity index (χ1) is 5.08. The van der Waals surface area contributed by atoms with E-state index in [4.69, 9.17) is 5.11 Å². The van der Waals surface area contributed by atoms with Crippen molar-refractivity contribution in [2.75, 3.05) is 19.8 Å². The van der Waals surface area contributed by atoms with Crippen molar-refractivity contribution in [2.24, 2.45) is 0 Å². The second-order valence-corrected chi connectivity index (χ2v) is 3.26. The Morgan fingerprint density at radius 2 is 2.36 bits per heavy atom. The van der Waals surface area contributed by atoms with Crippen LogP contribution in [0, 0.1) is 0 Å². The quantitative estimate of drug-likeness (QED) is 0.522. The molecule has 1 amide bonds. The Bertz CT molecular complexity index is 168. The molecule has 1 heterocycles. The molecule has 2 N–H and O–H groups in total. The average Bonchev–Trinajstić information content (AvgIpc) is 1.95. The minimum atomic E-state index is -0.513. The third-order valence-electron chi connectivity index (χ3n) is 1.94. The molecule has 0 atom stereocenters. The summed E-state index contributed by atoms with van der Waals surface area (Å²) in [5, 5.41) is 11.8. The maximum Gasteiger partial charge on any atom is 0.244 e. The van der Waals surface area contributed by atoms with Crippen molar-refractivity contribution in [3.8, 4) is 0 Å². The lowest BCUT2D eigenvalue weighted by atomic mass is 10.0. The fraction of sp³-hybridized carbons (Fsp3) is 0.857. The number of hydrogen-bond donors (Lipinski definition) is 2. The van der Waals surface area contributed by atoms with Gasteiger partial charge >= 0.3 is 0 Å². The van der Waals surface area contributed by atoms with Gasteiger partial charge in [0.1, 0.15) is 6.73 Å². The minimum Gasteiger partial charge on any atom is -0.376 e. The van der Waals surface area contributed by atoms with Gasteiger partial charge in [0, 0.05) is 13.1 Å². The first-order valence-corrected chi connectivity index (χ1v) is 3.73. The van der Waals surface area contributed by atoms with E-state index >= 15 is 0 Å². The molecule has 0 spiro atoms. The van der Waals surface area contributed by atoms with E-state index in [0.29, 0.717) is 6.54 Å². The summed E-state index contributed by atoms with van der Waals surface area (Å²) in [6.07, 6.45) is 0. The van der Waals surface area contributed by atoms with Crippen LogP contribution in [0.4, 0.5) is 0 Å². The highest BCUT2D eigenvalue weighted by molar-refractivity contribution is 5.86. The highest BCUT2D eigenvalue weighted by Gasteiger charge is 2.34. The largest absolute Gasteiger partial charge is 0.376 e. The monoisotopic (exact) mass is 158 g/mol. The van der Waals surface area contributed by atoms with Gasteiger partial charge in [-0.25, -0.2) is 0 Å². The van der Waals surface area contributed by atoms with Crippen LogP contribution in [0.1, 0.15) is 13.8 Å². The predicted octanol–water partition coefficient (Wildman–Crippen LogP) is -0.853. The third-order valence-corrected chi connectivity index (χ3v) is 1.94. The zero-order chi connectivity index (χ0) is 8.48. The van der Waals surface area contributed by atoms with Gasteiger partial charge in [-0.05, 0) is 13.8 Å². The van der Waals surface area contributed by atoms with Crippen molar-refractivity contribution in [3.05, 3.63) is 0 Å². The smallest absolute Gasteiger partial charge is 0.244 e. The second kappa shape index (κ2) is 2.79. The van der Waals surface area contributed by atoms with Gasteiger partial charge in [-0.1, -0.05) is 0 Å². The first-order valence-electron chi connectivity index (χ1n) is 3.73. The molecule has 0 radical (unpaired) electrons. The van der Waals surface area contributed by atoms with Crippen molar-refractivity contribution in [1.82, 2.24) is 10.2 Å². The molecular formula is C7H14N2O2. The molecule has 1 saturated heterocycles. The highest BCUT2D eigenvalue weighted by Crippen LogP contribution is 2.10. The van der Waals surface area contributed by atoms with Crippen molar-refractivity contribution < 1.29 is 9.90 Å². The van der Waals surface area contributed by atoms with Gasteiger partial charge < -0.3 is 15.3 Å². The Hall–Kier alpha value is -0.610. The number of nitrogens with one attached hydrogen (secondary N) is 1. The summed E-state index contributed by atoms with van der Waals surface area (Å²) in [6.45, 7) is 4.80. The van der Waals surface area contributed by atoms with Crippen LogP contribution in [-0.4, -0.2) is 41.3 Å². The van der Waals surface area contributed by atoms with E-state index in [1.54, 1.807) is 0 Å². The number of carbonyl (C=O) groups is 1. The van der Waals surface area contributed by atoms with E-state index in [-0.39, 0.29) is 12.6 Å². The van der Waals surface area contributed by atoms with Crippen LogP contribution < -0.4 is 5.32 Å². The van der Waals surface area contributed by atoms with Gasteiger partial charge in [0.05, 0.1) is 5.54 Å². The Balaban J connectivity index is 2.68. The molecule has 0 aromatic carbocycles. The Kier molecular flexibility index (Phi) is 2.15. The lowest BCUT2D eigenvalue weighted by molar-refractivity contribution is -0.143. The number of rotatable bonds is 1. The number of amides is 1. The van der Waals surface area contributed by atoms with Crippen LogP contribution >= 0.6 is 0 Å². The molecule has 1 aliphatic rings. The lowest BCUT2D eigenvalue weighted by Crippen LogP contribution is -2.61. The summed E-state index contributed by atoms with van der Waals surface area (Å²) in [5.74, 6) is -0.0359. The van der Waals surface area contributed by atoms with Crippen molar-refractivity contribution >= 4 is 5.91 Å². The number of carbonyl (C=O) groups excluding carboxylic acids is 1. The van der Waals surface area contributed by atoms with Crippen molar-refractivity contribution in [3.63, 3.8) is 0 Å². The Morgan fingerprint density at radius 1 is 1.73 bits per heavy atom. The number of aliphatic hydroxyl groups is 1. The van der Waals surface area contributed by atoms with E-state index in [9.17, 15) is 4.79 Å². The highest BCUT2D eigenvalue weighted by atomic mass is 16.3. The second-order valence-electron chi connectivity index (χ2n) is 3.26. The topological polar surface area (TPSA) is 52.6 Å². The molecular weight excluding hydrogens is 144 g/mol. The van der Waals surface area contributed by atoms with E-state index < -0.39 is 5.54 Å². The molecule has 11 heavy (non-hydrogen) atoms. The molecule has 0 aromatic rings. The Morgan fingerprint density at radius 3 is 2.82 bits per heavy atom. The van der Waals surface area contributed by atoms with Gasteiger partial charge in [-0.2, -0.15) is 0 Å². The number of piperazine rings is 1. The summed E-state index contributed by atoms with van der Waals surface area (Å²) in [7, 11) is 0.